The molecule has 0 saturated heterocycles. The first-order valence-electron chi connectivity index (χ1n) is 17.2. The molecule has 0 aromatic heterocycles. The first kappa shape index (κ1) is 27.6. The zero-order valence-electron chi connectivity index (χ0n) is 27.9. The van der Waals surface area contributed by atoms with E-state index >= 15 is 0 Å². The fourth-order valence-electron chi connectivity index (χ4n) is 8.97. The van der Waals surface area contributed by atoms with E-state index in [-0.39, 0.29) is 10.8 Å². The van der Waals surface area contributed by atoms with E-state index in [9.17, 15) is 0 Å². The summed E-state index contributed by atoms with van der Waals surface area (Å²) < 4.78 is 0. The van der Waals surface area contributed by atoms with Crippen molar-refractivity contribution in [3.05, 3.63) is 168 Å². The molecule has 0 nitrogen and oxygen atoms in total. The van der Waals surface area contributed by atoms with Crippen LogP contribution in [0, 0.1) is 0 Å². The molecule has 48 heavy (non-hydrogen) atoms. The van der Waals surface area contributed by atoms with Crippen LogP contribution in [0.3, 0.4) is 0 Å². The average Bonchev–Trinajstić information content (AvgIpc) is 3.12. The van der Waals surface area contributed by atoms with Crippen molar-refractivity contribution in [2.24, 2.45) is 0 Å². The molecule has 8 aromatic carbocycles. The largest absolute Gasteiger partial charge is 0.0616 e. The van der Waals surface area contributed by atoms with Crippen molar-refractivity contribution >= 4 is 32.3 Å². The molecule has 2 aliphatic rings. The molecule has 0 spiro atoms. The van der Waals surface area contributed by atoms with Crippen molar-refractivity contribution in [3.8, 4) is 44.5 Å². The minimum absolute atomic E-state index is 0.142. The summed E-state index contributed by atoms with van der Waals surface area (Å²) in [7, 11) is 0. The van der Waals surface area contributed by atoms with E-state index in [1.165, 1.54) is 99.1 Å². The summed E-state index contributed by atoms with van der Waals surface area (Å²) in [5, 5.41) is 7.98. The Kier molecular flexibility index (Phi) is 5.50. The van der Waals surface area contributed by atoms with Crippen LogP contribution in [-0.4, -0.2) is 0 Å². The van der Waals surface area contributed by atoms with Crippen LogP contribution in [0.2, 0.25) is 0 Å². The zero-order chi connectivity index (χ0) is 32.4. The Morgan fingerprint density at radius 2 is 0.646 bits per heavy atom. The molecule has 0 radical (unpaired) electrons. The molecule has 0 N–H and O–H groups in total. The molecular weight excluding hydrogens is 577 g/mol. The van der Waals surface area contributed by atoms with Gasteiger partial charge < -0.3 is 0 Å². The molecule has 0 heterocycles. The lowest BCUT2D eigenvalue weighted by Crippen LogP contribution is -2.28. The van der Waals surface area contributed by atoms with E-state index < -0.39 is 0 Å². The minimum atomic E-state index is -0.142. The Morgan fingerprint density at radius 3 is 1.08 bits per heavy atom. The van der Waals surface area contributed by atoms with Crippen molar-refractivity contribution in [3.63, 3.8) is 0 Å². The van der Waals surface area contributed by atoms with Gasteiger partial charge in [0.2, 0.25) is 0 Å². The molecule has 0 heteroatoms. The zero-order valence-corrected chi connectivity index (χ0v) is 27.9. The van der Waals surface area contributed by atoms with Gasteiger partial charge in [-0.2, -0.15) is 0 Å². The van der Waals surface area contributed by atoms with Gasteiger partial charge >= 0.3 is 0 Å². The van der Waals surface area contributed by atoms with E-state index in [1.807, 2.05) is 0 Å². The molecular formula is C48H36. The number of hydrogen-bond donors (Lipinski definition) is 0. The highest BCUT2D eigenvalue weighted by molar-refractivity contribution is 6.13. The summed E-state index contributed by atoms with van der Waals surface area (Å²) >= 11 is 0. The monoisotopic (exact) mass is 612 g/mol. The van der Waals surface area contributed by atoms with Crippen LogP contribution in [0.4, 0.5) is 0 Å². The second kappa shape index (κ2) is 9.55. The Labute approximate surface area is 282 Å². The average molecular weight is 613 g/mol. The van der Waals surface area contributed by atoms with Gasteiger partial charge in [0.05, 0.1) is 0 Å². The lowest BCUT2D eigenvalue weighted by Gasteiger charge is -2.40. The number of benzene rings is 8. The summed E-state index contributed by atoms with van der Waals surface area (Å²) in [5.41, 5.74) is 15.9. The number of fused-ring (bicyclic) bond motifs is 6. The first-order chi connectivity index (χ1) is 23.3. The van der Waals surface area contributed by atoms with Crippen molar-refractivity contribution < 1.29 is 0 Å². The van der Waals surface area contributed by atoms with Gasteiger partial charge in [-0.1, -0.05) is 149 Å². The fourth-order valence-corrected chi connectivity index (χ4v) is 8.97. The predicted octanol–water partition coefficient (Wildman–Crippen LogP) is 13.1. The van der Waals surface area contributed by atoms with Crippen LogP contribution < -0.4 is 0 Å². The van der Waals surface area contributed by atoms with Gasteiger partial charge in [-0.05, 0) is 123 Å². The van der Waals surface area contributed by atoms with Gasteiger partial charge in [0.15, 0.2) is 0 Å². The van der Waals surface area contributed by atoms with E-state index in [0.29, 0.717) is 0 Å². The normalized spacial score (nSPS) is 15.0. The van der Waals surface area contributed by atoms with Crippen LogP contribution in [0.15, 0.2) is 146 Å². The van der Waals surface area contributed by atoms with Crippen LogP contribution in [0.1, 0.15) is 49.9 Å². The summed E-state index contributed by atoms with van der Waals surface area (Å²) in [4.78, 5) is 0. The third-order valence-electron chi connectivity index (χ3n) is 11.6. The number of rotatable bonds is 2. The van der Waals surface area contributed by atoms with Gasteiger partial charge in [-0.15, -0.1) is 0 Å². The predicted molar refractivity (Wildman–Crippen MR) is 205 cm³/mol. The van der Waals surface area contributed by atoms with Crippen molar-refractivity contribution in [1.82, 2.24) is 0 Å². The topological polar surface area (TPSA) is 0 Å². The smallest absolute Gasteiger partial charge is 0.0159 e. The Hall–Kier alpha value is -5.46. The summed E-state index contributed by atoms with van der Waals surface area (Å²) in [6.45, 7) is 9.67. The SMILES string of the molecule is CC1(C)c2cc(-c3ccc4ccccc4c3)ccc2-c2ccc3c4c(ccc1c24)C(C)(C)c1cc(-c2ccc4ccccc4c2)ccc1-3. The molecule has 0 bridgehead atoms. The highest BCUT2D eigenvalue weighted by atomic mass is 14.4. The minimum Gasteiger partial charge on any atom is -0.0616 e. The molecule has 8 aromatic rings. The van der Waals surface area contributed by atoms with Gasteiger partial charge in [0, 0.05) is 10.8 Å². The highest BCUT2D eigenvalue weighted by Crippen LogP contribution is 2.56. The molecule has 0 unspecified atom stereocenters. The molecule has 0 atom stereocenters. The quantitative estimate of drug-likeness (QED) is 0.182. The van der Waals surface area contributed by atoms with Crippen LogP contribution in [-0.2, 0) is 10.8 Å². The maximum absolute atomic E-state index is 2.45. The maximum atomic E-state index is 2.45. The van der Waals surface area contributed by atoms with E-state index in [1.54, 1.807) is 0 Å². The maximum Gasteiger partial charge on any atom is 0.0159 e. The lowest BCUT2D eigenvalue weighted by molar-refractivity contribution is 0.633. The van der Waals surface area contributed by atoms with E-state index in [0.717, 1.165) is 0 Å². The first-order valence-corrected chi connectivity index (χ1v) is 17.2. The summed E-state index contributed by atoms with van der Waals surface area (Å²) in [6, 6.07) is 55.0. The van der Waals surface area contributed by atoms with Crippen molar-refractivity contribution in [2.75, 3.05) is 0 Å². The molecule has 0 amide bonds. The van der Waals surface area contributed by atoms with Crippen LogP contribution in [0.25, 0.3) is 76.8 Å². The molecule has 2 aliphatic carbocycles. The number of hydrogen-bond acceptors (Lipinski definition) is 0. The second-order valence-electron chi connectivity index (χ2n) is 15.0. The van der Waals surface area contributed by atoms with Crippen LogP contribution >= 0.6 is 0 Å². The fraction of sp³-hybridized carbons (Fsp3) is 0.125. The Bertz CT molecular complexity index is 2480. The second-order valence-corrected chi connectivity index (χ2v) is 15.0. The van der Waals surface area contributed by atoms with Gasteiger partial charge in [0.25, 0.3) is 0 Å². The van der Waals surface area contributed by atoms with Gasteiger partial charge in [-0.3, -0.25) is 0 Å². The third kappa shape index (κ3) is 3.72. The van der Waals surface area contributed by atoms with Crippen molar-refractivity contribution in [1.29, 1.82) is 0 Å². The standard InChI is InChI=1S/C48H36/c1-47(2)41-23-24-42-46-40(38-20-18-36(28-44(38)48(42,3)4)34-16-14-30-10-6-8-12-32(30)26-34)22-21-39(45(41)46)37-19-17-35(27-43(37)47)33-15-13-29-9-5-7-11-31(29)25-33/h5-28H,1-4H3. The highest BCUT2D eigenvalue weighted by Gasteiger charge is 2.39. The molecule has 0 aliphatic heterocycles. The van der Waals surface area contributed by atoms with E-state index in [2.05, 4.69) is 173 Å². The molecule has 10 rings (SSSR count). The summed E-state index contributed by atoms with van der Waals surface area (Å²) in [6.07, 6.45) is 0. The van der Waals surface area contributed by atoms with Crippen molar-refractivity contribution in [2.45, 2.75) is 38.5 Å². The lowest BCUT2D eigenvalue weighted by atomic mass is 9.62. The summed E-state index contributed by atoms with van der Waals surface area (Å²) in [5.74, 6) is 0. The third-order valence-corrected chi connectivity index (χ3v) is 11.6. The van der Waals surface area contributed by atoms with Gasteiger partial charge in [-0.25, -0.2) is 0 Å². The molecule has 228 valence electrons. The Morgan fingerprint density at radius 1 is 0.292 bits per heavy atom. The molecule has 0 fully saturated rings. The van der Waals surface area contributed by atoms with Gasteiger partial charge in [0.1, 0.15) is 0 Å². The van der Waals surface area contributed by atoms with E-state index in [4.69, 9.17) is 0 Å². The van der Waals surface area contributed by atoms with Crippen LogP contribution in [0.5, 0.6) is 0 Å². The Balaban J connectivity index is 1.15. The molecule has 0 saturated carbocycles.